The molecule has 0 aliphatic heterocycles. The van der Waals surface area contributed by atoms with Crippen molar-refractivity contribution >= 4 is 5.96 Å². The Hall–Kier alpha value is -1.57. The van der Waals surface area contributed by atoms with Crippen LogP contribution in [0.15, 0.2) is 15.5 Å². The van der Waals surface area contributed by atoms with Crippen LogP contribution in [0, 0.1) is 13.8 Å². The Labute approximate surface area is 157 Å². The number of unbranched alkanes of at least 4 members (excludes halogenated alkanes) is 1. The maximum absolute atomic E-state index is 10.8. The van der Waals surface area contributed by atoms with Gasteiger partial charge in [0.2, 0.25) is 0 Å². The van der Waals surface area contributed by atoms with Crippen molar-refractivity contribution in [3.63, 3.8) is 0 Å². The summed E-state index contributed by atoms with van der Waals surface area (Å²) in [6.07, 6.45) is 1.95. The molecular weight excluding hydrogens is 334 g/mol. The second kappa shape index (κ2) is 11.9. The highest BCUT2D eigenvalue weighted by atomic mass is 16.5. The highest BCUT2D eigenvalue weighted by molar-refractivity contribution is 5.79. The van der Waals surface area contributed by atoms with E-state index in [2.05, 4.69) is 15.6 Å². The molecule has 1 rings (SSSR count). The number of hydrogen-bond acceptors (Lipinski definition) is 5. The van der Waals surface area contributed by atoms with Gasteiger partial charge in [0.05, 0.1) is 19.8 Å². The molecule has 3 N–H and O–H groups in total. The molecule has 1 unspecified atom stereocenters. The SMILES string of the molecule is CCNC(=NCC(C)(O)c1cc(C)oc1C)NCCCCOCCOC. The van der Waals surface area contributed by atoms with Crippen molar-refractivity contribution < 1.29 is 19.0 Å². The largest absolute Gasteiger partial charge is 0.466 e. The highest BCUT2D eigenvalue weighted by Crippen LogP contribution is 2.27. The molecule has 150 valence electrons. The first-order valence-electron chi connectivity index (χ1n) is 9.29. The summed E-state index contributed by atoms with van der Waals surface area (Å²) in [6.45, 7) is 11.3. The van der Waals surface area contributed by atoms with Crippen LogP contribution in [0.4, 0.5) is 0 Å². The van der Waals surface area contributed by atoms with Gasteiger partial charge in [-0.25, -0.2) is 4.99 Å². The van der Waals surface area contributed by atoms with Crippen molar-refractivity contribution in [1.82, 2.24) is 10.6 Å². The standard InChI is InChI=1S/C19H35N3O4/c1-6-20-18(21-9-7-8-10-25-12-11-24-5)22-14-19(4,23)17-13-15(2)26-16(17)3/h13,23H,6-12,14H2,1-5H3,(H2,20,21,22). The molecule has 0 saturated heterocycles. The zero-order valence-electron chi connectivity index (χ0n) is 16.9. The van der Waals surface area contributed by atoms with Gasteiger partial charge in [-0.2, -0.15) is 0 Å². The van der Waals surface area contributed by atoms with Gasteiger partial charge < -0.3 is 29.6 Å². The lowest BCUT2D eigenvalue weighted by Gasteiger charge is -2.21. The van der Waals surface area contributed by atoms with Crippen LogP contribution in [0.3, 0.4) is 0 Å². The van der Waals surface area contributed by atoms with E-state index in [1.165, 1.54) is 0 Å². The molecule has 0 bridgehead atoms. The van der Waals surface area contributed by atoms with E-state index in [1.54, 1.807) is 14.0 Å². The van der Waals surface area contributed by atoms with E-state index in [0.717, 1.165) is 49.6 Å². The summed E-state index contributed by atoms with van der Waals surface area (Å²) in [5.74, 6) is 2.22. The molecule has 1 heterocycles. The lowest BCUT2D eigenvalue weighted by atomic mass is 9.96. The topological polar surface area (TPSA) is 88.3 Å². The minimum Gasteiger partial charge on any atom is -0.466 e. The molecular formula is C19H35N3O4. The fourth-order valence-electron chi connectivity index (χ4n) is 2.61. The Balaban J connectivity index is 2.44. The molecule has 7 heteroatoms. The number of hydrogen-bond donors (Lipinski definition) is 3. The molecule has 0 aromatic carbocycles. The molecule has 1 aromatic heterocycles. The van der Waals surface area contributed by atoms with Gasteiger partial charge in [-0.05, 0) is 46.6 Å². The molecule has 1 atom stereocenters. The normalized spacial score (nSPS) is 14.3. The van der Waals surface area contributed by atoms with Gasteiger partial charge in [0.1, 0.15) is 17.1 Å². The first-order valence-corrected chi connectivity index (χ1v) is 9.29. The van der Waals surface area contributed by atoms with E-state index in [0.29, 0.717) is 19.2 Å². The summed E-state index contributed by atoms with van der Waals surface area (Å²) in [5, 5.41) is 17.3. The second-order valence-electron chi connectivity index (χ2n) is 6.53. The molecule has 0 fully saturated rings. The van der Waals surface area contributed by atoms with E-state index in [9.17, 15) is 5.11 Å². The first-order chi connectivity index (χ1) is 12.4. The van der Waals surface area contributed by atoms with Crippen molar-refractivity contribution in [3.05, 3.63) is 23.2 Å². The Morgan fingerprint density at radius 1 is 1.23 bits per heavy atom. The summed E-state index contributed by atoms with van der Waals surface area (Å²) in [7, 11) is 1.67. The number of nitrogens with one attached hydrogen (secondary N) is 2. The lowest BCUT2D eigenvalue weighted by Crippen LogP contribution is -2.39. The van der Waals surface area contributed by atoms with Gasteiger partial charge in [-0.1, -0.05) is 0 Å². The molecule has 26 heavy (non-hydrogen) atoms. The number of ether oxygens (including phenoxy) is 2. The Bertz CT molecular complexity index is 541. The van der Waals surface area contributed by atoms with Crippen LogP contribution in [-0.4, -0.2) is 57.6 Å². The van der Waals surface area contributed by atoms with Crippen LogP contribution in [0.25, 0.3) is 0 Å². The van der Waals surface area contributed by atoms with Crippen LogP contribution in [0.1, 0.15) is 43.8 Å². The molecule has 0 amide bonds. The van der Waals surface area contributed by atoms with Gasteiger partial charge in [-0.15, -0.1) is 0 Å². The smallest absolute Gasteiger partial charge is 0.191 e. The van der Waals surface area contributed by atoms with Crippen LogP contribution in [-0.2, 0) is 15.1 Å². The van der Waals surface area contributed by atoms with Crippen LogP contribution in [0.2, 0.25) is 0 Å². The van der Waals surface area contributed by atoms with Crippen LogP contribution in [0.5, 0.6) is 0 Å². The van der Waals surface area contributed by atoms with Crippen molar-refractivity contribution in [3.8, 4) is 0 Å². The summed E-state index contributed by atoms with van der Waals surface area (Å²) >= 11 is 0. The van der Waals surface area contributed by atoms with Crippen molar-refractivity contribution in [1.29, 1.82) is 0 Å². The van der Waals surface area contributed by atoms with Gasteiger partial charge in [0.25, 0.3) is 0 Å². The monoisotopic (exact) mass is 369 g/mol. The highest BCUT2D eigenvalue weighted by Gasteiger charge is 2.27. The number of aliphatic hydroxyl groups is 1. The average molecular weight is 370 g/mol. The molecule has 0 saturated carbocycles. The Morgan fingerprint density at radius 3 is 2.62 bits per heavy atom. The minimum absolute atomic E-state index is 0.252. The van der Waals surface area contributed by atoms with Crippen molar-refractivity contribution in [2.24, 2.45) is 4.99 Å². The lowest BCUT2D eigenvalue weighted by molar-refractivity contribution is 0.0656. The maximum Gasteiger partial charge on any atom is 0.191 e. The molecule has 0 aliphatic carbocycles. The van der Waals surface area contributed by atoms with E-state index in [1.807, 2.05) is 26.8 Å². The fraction of sp³-hybridized carbons (Fsp3) is 0.737. The zero-order chi connectivity index (χ0) is 19.4. The third-order valence-corrected chi connectivity index (χ3v) is 3.95. The van der Waals surface area contributed by atoms with E-state index < -0.39 is 5.60 Å². The minimum atomic E-state index is -1.07. The van der Waals surface area contributed by atoms with Gasteiger partial charge >= 0.3 is 0 Å². The van der Waals surface area contributed by atoms with Gasteiger partial charge in [0.15, 0.2) is 5.96 Å². The summed E-state index contributed by atoms with van der Waals surface area (Å²) in [4.78, 5) is 4.53. The van der Waals surface area contributed by atoms with E-state index in [4.69, 9.17) is 13.9 Å². The second-order valence-corrected chi connectivity index (χ2v) is 6.53. The summed E-state index contributed by atoms with van der Waals surface area (Å²) in [6, 6.07) is 1.87. The zero-order valence-corrected chi connectivity index (χ0v) is 16.9. The molecule has 0 aliphatic rings. The number of rotatable bonds is 12. The van der Waals surface area contributed by atoms with Crippen molar-refractivity contribution in [2.75, 3.05) is 46.6 Å². The third-order valence-electron chi connectivity index (χ3n) is 3.95. The predicted molar refractivity (Wildman–Crippen MR) is 104 cm³/mol. The van der Waals surface area contributed by atoms with Crippen LogP contribution >= 0.6 is 0 Å². The number of furan rings is 1. The third kappa shape index (κ3) is 8.21. The van der Waals surface area contributed by atoms with Crippen LogP contribution < -0.4 is 10.6 Å². The average Bonchev–Trinajstić information content (AvgIpc) is 2.94. The first kappa shape index (κ1) is 22.5. The predicted octanol–water partition coefficient (Wildman–Crippen LogP) is 2.10. The number of aryl methyl sites for hydroxylation is 2. The van der Waals surface area contributed by atoms with Gasteiger partial charge in [-0.3, -0.25) is 0 Å². The van der Waals surface area contributed by atoms with E-state index >= 15 is 0 Å². The van der Waals surface area contributed by atoms with Gasteiger partial charge in [0, 0.05) is 32.4 Å². The number of guanidine groups is 1. The van der Waals surface area contributed by atoms with E-state index in [-0.39, 0.29) is 6.54 Å². The fourth-order valence-corrected chi connectivity index (χ4v) is 2.61. The molecule has 7 nitrogen and oxygen atoms in total. The molecule has 0 radical (unpaired) electrons. The summed E-state index contributed by atoms with van der Waals surface area (Å²) < 4.78 is 15.9. The number of nitrogens with zero attached hydrogens (tertiary/aromatic N) is 1. The molecule has 0 spiro atoms. The number of methoxy groups -OCH3 is 1. The Kier molecular flexibility index (Phi) is 10.3. The van der Waals surface area contributed by atoms with Crippen molar-refractivity contribution in [2.45, 2.75) is 46.1 Å². The molecule has 1 aromatic rings. The quantitative estimate of drug-likeness (QED) is 0.297. The summed E-state index contributed by atoms with van der Waals surface area (Å²) in [5.41, 5.74) is -0.290. The maximum atomic E-state index is 10.8. The number of aliphatic imine (C=N–C) groups is 1. The Morgan fingerprint density at radius 2 is 2.00 bits per heavy atom.